The van der Waals surface area contributed by atoms with Gasteiger partial charge in [0.25, 0.3) is 5.91 Å². The maximum absolute atomic E-state index is 12.2. The van der Waals surface area contributed by atoms with E-state index in [4.69, 9.17) is 9.47 Å². The Morgan fingerprint density at radius 2 is 2.07 bits per heavy atom. The molecule has 0 atom stereocenters. The smallest absolute Gasteiger partial charge is 0.258 e. The number of benzene rings is 1. The fraction of sp³-hybridized carbons (Fsp3) is 0.500. The standard InChI is InChI=1S/C20H25BrN4O4S/c1-2-28-16-8-13(10-22-25-20-24-19(27)12-30-20)15(21)9-17(16)29-11-18(26)23-14-6-4-3-5-7-14/h8-10,14H,2-7,11-12H2,1H3,(H,23,26)(H,24,25,27). The maximum atomic E-state index is 12.2. The number of rotatable bonds is 8. The quantitative estimate of drug-likeness (QED) is 0.424. The summed E-state index contributed by atoms with van der Waals surface area (Å²) in [7, 11) is 0. The molecule has 2 fully saturated rings. The summed E-state index contributed by atoms with van der Waals surface area (Å²) in [5.74, 6) is 1.14. The molecule has 1 saturated carbocycles. The van der Waals surface area contributed by atoms with Crippen molar-refractivity contribution >= 4 is 50.9 Å². The number of nitrogens with one attached hydrogen (secondary N) is 2. The molecule has 2 amide bonds. The SMILES string of the molecule is CCOc1cc(C=NN=C2NC(=O)CS2)c(Br)cc1OCC(=O)NC1CCCCC1. The molecule has 1 aromatic rings. The molecular weight excluding hydrogens is 472 g/mol. The van der Waals surface area contributed by atoms with Gasteiger partial charge in [-0.25, -0.2) is 0 Å². The summed E-state index contributed by atoms with van der Waals surface area (Å²) in [5, 5.41) is 14.2. The van der Waals surface area contributed by atoms with Crippen molar-refractivity contribution < 1.29 is 19.1 Å². The van der Waals surface area contributed by atoms with Crippen LogP contribution < -0.4 is 20.1 Å². The Hall–Kier alpha value is -2.07. The van der Waals surface area contributed by atoms with E-state index in [0.717, 1.165) is 35.7 Å². The van der Waals surface area contributed by atoms with Crippen molar-refractivity contribution in [1.82, 2.24) is 10.6 Å². The first-order chi connectivity index (χ1) is 14.5. The minimum atomic E-state index is -0.127. The molecule has 0 spiro atoms. The summed E-state index contributed by atoms with van der Waals surface area (Å²) in [6.45, 7) is 2.26. The van der Waals surface area contributed by atoms with Crippen molar-refractivity contribution in [1.29, 1.82) is 0 Å². The number of amides is 2. The number of hydrogen-bond donors (Lipinski definition) is 2. The Bertz CT molecular complexity index is 840. The lowest BCUT2D eigenvalue weighted by atomic mass is 9.95. The molecular formula is C20H25BrN4O4S. The molecule has 0 radical (unpaired) electrons. The summed E-state index contributed by atoms with van der Waals surface area (Å²) in [6, 6.07) is 3.77. The molecule has 1 heterocycles. The van der Waals surface area contributed by atoms with Crippen LogP contribution in [0.2, 0.25) is 0 Å². The van der Waals surface area contributed by atoms with Crippen molar-refractivity contribution in [3.63, 3.8) is 0 Å². The number of carbonyl (C=O) groups is 2. The topological polar surface area (TPSA) is 101 Å². The van der Waals surface area contributed by atoms with Gasteiger partial charge in [-0.05, 0) is 47.8 Å². The van der Waals surface area contributed by atoms with Crippen LogP contribution in [0.4, 0.5) is 0 Å². The van der Waals surface area contributed by atoms with Gasteiger partial charge in [-0.3, -0.25) is 9.59 Å². The van der Waals surface area contributed by atoms with Crippen molar-refractivity contribution in [2.45, 2.75) is 45.1 Å². The second-order valence-electron chi connectivity index (χ2n) is 6.93. The van der Waals surface area contributed by atoms with E-state index in [2.05, 4.69) is 36.8 Å². The predicted molar refractivity (Wildman–Crippen MR) is 121 cm³/mol. The van der Waals surface area contributed by atoms with Crippen LogP contribution in [-0.4, -0.2) is 48.2 Å². The minimum Gasteiger partial charge on any atom is -0.490 e. The van der Waals surface area contributed by atoms with Crippen LogP contribution in [0, 0.1) is 0 Å². The van der Waals surface area contributed by atoms with Gasteiger partial charge in [0.2, 0.25) is 5.91 Å². The van der Waals surface area contributed by atoms with E-state index in [1.807, 2.05) is 6.92 Å². The Morgan fingerprint density at radius 1 is 1.30 bits per heavy atom. The van der Waals surface area contributed by atoms with E-state index < -0.39 is 0 Å². The molecule has 1 aliphatic carbocycles. The summed E-state index contributed by atoms with van der Waals surface area (Å²) in [5.41, 5.74) is 0.733. The zero-order valence-electron chi connectivity index (χ0n) is 16.8. The highest BCUT2D eigenvalue weighted by Crippen LogP contribution is 2.33. The first-order valence-corrected chi connectivity index (χ1v) is 11.7. The molecule has 162 valence electrons. The fourth-order valence-electron chi connectivity index (χ4n) is 3.21. The maximum Gasteiger partial charge on any atom is 0.258 e. The van der Waals surface area contributed by atoms with Gasteiger partial charge in [-0.1, -0.05) is 31.0 Å². The van der Waals surface area contributed by atoms with Crippen molar-refractivity contribution in [3.05, 3.63) is 22.2 Å². The Morgan fingerprint density at radius 3 is 2.77 bits per heavy atom. The number of carbonyl (C=O) groups excluding carboxylic acids is 2. The monoisotopic (exact) mass is 496 g/mol. The molecule has 2 N–H and O–H groups in total. The second-order valence-corrected chi connectivity index (χ2v) is 8.75. The number of halogens is 1. The summed E-state index contributed by atoms with van der Waals surface area (Å²) < 4.78 is 12.1. The average Bonchev–Trinajstić information content (AvgIpc) is 3.15. The highest BCUT2D eigenvalue weighted by molar-refractivity contribution is 9.10. The van der Waals surface area contributed by atoms with Crippen molar-refractivity contribution in [3.8, 4) is 11.5 Å². The fourth-order valence-corrected chi connectivity index (χ4v) is 4.27. The molecule has 1 aliphatic heterocycles. The zero-order valence-corrected chi connectivity index (χ0v) is 19.2. The van der Waals surface area contributed by atoms with Gasteiger partial charge in [-0.2, -0.15) is 5.10 Å². The third kappa shape index (κ3) is 6.73. The van der Waals surface area contributed by atoms with Gasteiger partial charge in [0.05, 0.1) is 18.6 Å². The molecule has 0 bridgehead atoms. The van der Waals surface area contributed by atoms with Gasteiger partial charge in [0, 0.05) is 16.1 Å². The van der Waals surface area contributed by atoms with E-state index in [9.17, 15) is 9.59 Å². The van der Waals surface area contributed by atoms with Crippen LogP contribution in [0.3, 0.4) is 0 Å². The van der Waals surface area contributed by atoms with Gasteiger partial charge < -0.3 is 20.1 Å². The lowest BCUT2D eigenvalue weighted by molar-refractivity contribution is -0.124. The molecule has 10 heteroatoms. The third-order valence-corrected chi connectivity index (χ3v) is 6.17. The minimum absolute atomic E-state index is 0.0684. The summed E-state index contributed by atoms with van der Waals surface area (Å²) >= 11 is 4.80. The number of thioether (sulfide) groups is 1. The molecule has 0 unspecified atom stereocenters. The van der Waals surface area contributed by atoms with Crippen molar-refractivity contribution in [2.24, 2.45) is 10.2 Å². The normalized spacial score (nSPS) is 18.6. The van der Waals surface area contributed by atoms with Crippen LogP contribution in [-0.2, 0) is 9.59 Å². The van der Waals surface area contributed by atoms with Crippen LogP contribution in [0.1, 0.15) is 44.6 Å². The third-order valence-electron chi connectivity index (χ3n) is 4.62. The lowest BCUT2D eigenvalue weighted by Crippen LogP contribution is -2.39. The molecule has 30 heavy (non-hydrogen) atoms. The summed E-state index contributed by atoms with van der Waals surface area (Å²) in [6.07, 6.45) is 7.18. The molecule has 3 rings (SSSR count). The van der Waals surface area contributed by atoms with Gasteiger partial charge in [0.1, 0.15) is 0 Å². The largest absolute Gasteiger partial charge is 0.490 e. The number of hydrogen-bond acceptors (Lipinski definition) is 7. The Balaban J connectivity index is 1.63. The molecule has 8 nitrogen and oxygen atoms in total. The number of nitrogens with zero attached hydrogens (tertiary/aromatic N) is 2. The van der Waals surface area contributed by atoms with Gasteiger partial charge >= 0.3 is 0 Å². The van der Waals surface area contributed by atoms with Gasteiger partial charge in [-0.15, -0.1) is 5.10 Å². The Kier molecular flexibility index (Phi) is 8.56. The highest BCUT2D eigenvalue weighted by atomic mass is 79.9. The molecule has 1 saturated heterocycles. The second kappa shape index (κ2) is 11.4. The average molecular weight is 497 g/mol. The summed E-state index contributed by atoms with van der Waals surface area (Å²) in [4.78, 5) is 23.4. The lowest BCUT2D eigenvalue weighted by Gasteiger charge is -2.22. The molecule has 1 aromatic carbocycles. The Labute approximate surface area is 188 Å². The van der Waals surface area contributed by atoms with Crippen molar-refractivity contribution in [2.75, 3.05) is 19.0 Å². The van der Waals surface area contributed by atoms with E-state index in [1.54, 1.807) is 18.3 Å². The molecule has 0 aromatic heterocycles. The van der Waals surface area contributed by atoms with E-state index in [0.29, 0.717) is 29.0 Å². The van der Waals surface area contributed by atoms with E-state index in [1.165, 1.54) is 18.2 Å². The number of amidine groups is 1. The van der Waals surface area contributed by atoms with Gasteiger partial charge in [0.15, 0.2) is 23.3 Å². The number of ether oxygens (including phenoxy) is 2. The van der Waals surface area contributed by atoms with Crippen LogP contribution in [0.15, 0.2) is 26.8 Å². The zero-order chi connectivity index (χ0) is 21.3. The molecule has 2 aliphatic rings. The highest BCUT2D eigenvalue weighted by Gasteiger charge is 2.18. The van der Waals surface area contributed by atoms with E-state index in [-0.39, 0.29) is 24.5 Å². The van der Waals surface area contributed by atoms with Crippen LogP contribution in [0.5, 0.6) is 11.5 Å². The van der Waals surface area contributed by atoms with Crippen LogP contribution >= 0.6 is 27.7 Å². The predicted octanol–water partition coefficient (Wildman–Crippen LogP) is 3.23. The first-order valence-electron chi connectivity index (χ1n) is 9.97. The first kappa shape index (κ1) is 22.6. The van der Waals surface area contributed by atoms with Crippen LogP contribution in [0.25, 0.3) is 0 Å². The van der Waals surface area contributed by atoms with E-state index >= 15 is 0 Å².